The molecule has 0 saturated heterocycles. The van der Waals surface area contributed by atoms with Gasteiger partial charge in [0.2, 0.25) is 0 Å². The first-order valence-corrected chi connectivity index (χ1v) is 8.44. The number of hydrogen-bond donors (Lipinski definition) is 1. The number of nitrogens with zero attached hydrogens (tertiary/aromatic N) is 1. The normalized spacial score (nSPS) is 15.7. The molecule has 0 amide bonds. The molecule has 2 rings (SSSR count). The van der Waals surface area contributed by atoms with Gasteiger partial charge in [0, 0.05) is 29.7 Å². The van der Waals surface area contributed by atoms with Crippen LogP contribution in [0.25, 0.3) is 0 Å². The molecule has 104 valence electrons. The van der Waals surface area contributed by atoms with Gasteiger partial charge in [0.25, 0.3) is 0 Å². The molecule has 0 spiro atoms. The fraction of sp³-hybridized carbons (Fsp3) is 0.533. The summed E-state index contributed by atoms with van der Waals surface area (Å²) in [6, 6.07) is 6.31. The largest absolute Gasteiger partial charge is 0.389 e. The molecule has 0 atom stereocenters. The highest BCUT2D eigenvalue weighted by molar-refractivity contribution is 7.98. The van der Waals surface area contributed by atoms with E-state index in [-0.39, 0.29) is 0 Å². The minimum Gasteiger partial charge on any atom is -0.389 e. The maximum atomic E-state index is 5.93. The second-order valence-electron chi connectivity index (χ2n) is 5.25. The first-order chi connectivity index (χ1) is 9.13. The summed E-state index contributed by atoms with van der Waals surface area (Å²) in [6.07, 6.45) is 7.54. The Labute approximate surface area is 125 Å². The van der Waals surface area contributed by atoms with Gasteiger partial charge in [-0.15, -0.1) is 11.8 Å². The lowest BCUT2D eigenvalue weighted by atomic mass is 10.1. The van der Waals surface area contributed by atoms with Crippen LogP contribution in [0.4, 0.5) is 5.69 Å². The third-order valence-corrected chi connectivity index (χ3v) is 4.87. The summed E-state index contributed by atoms with van der Waals surface area (Å²) >= 11 is 6.95. The maximum absolute atomic E-state index is 5.93. The van der Waals surface area contributed by atoms with Crippen LogP contribution in [0.3, 0.4) is 0 Å². The van der Waals surface area contributed by atoms with Gasteiger partial charge in [0.05, 0.1) is 0 Å². The van der Waals surface area contributed by atoms with Crippen molar-refractivity contribution >= 4 is 34.7 Å². The summed E-state index contributed by atoms with van der Waals surface area (Å²) in [5.41, 5.74) is 8.13. The zero-order valence-corrected chi connectivity index (χ0v) is 13.3. The molecule has 4 heteroatoms. The molecule has 1 aliphatic rings. The van der Waals surface area contributed by atoms with E-state index >= 15 is 0 Å². The molecule has 0 aliphatic heterocycles. The van der Waals surface area contributed by atoms with Crippen molar-refractivity contribution in [1.29, 1.82) is 0 Å². The number of thioether (sulfide) groups is 1. The van der Waals surface area contributed by atoms with E-state index in [1.54, 1.807) is 11.8 Å². The third-order valence-electron chi connectivity index (χ3n) is 3.89. The van der Waals surface area contributed by atoms with E-state index in [1.807, 2.05) is 0 Å². The van der Waals surface area contributed by atoms with Gasteiger partial charge in [0.1, 0.15) is 4.99 Å². The number of rotatable bonds is 5. The van der Waals surface area contributed by atoms with Crippen LogP contribution < -0.4 is 10.6 Å². The average molecular weight is 294 g/mol. The summed E-state index contributed by atoms with van der Waals surface area (Å²) in [5.74, 6) is 0.821. The lowest BCUT2D eigenvalue weighted by molar-refractivity contribution is 0.547. The molecule has 0 unspecified atom stereocenters. The second-order valence-corrected chi connectivity index (χ2v) is 6.54. The number of benzene rings is 1. The predicted octanol–water partition coefficient (Wildman–Crippen LogP) is 3.67. The van der Waals surface area contributed by atoms with Crippen LogP contribution in [0, 0.1) is 5.92 Å². The van der Waals surface area contributed by atoms with Crippen molar-refractivity contribution in [3.63, 3.8) is 0 Å². The Morgan fingerprint density at radius 2 is 2.11 bits per heavy atom. The number of anilines is 1. The smallest absolute Gasteiger partial charge is 0.107 e. The van der Waals surface area contributed by atoms with Crippen LogP contribution in [0.5, 0.6) is 0 Å². The summed E-state index contributed by atoms with van der Waals surface area (Å²) in [6.45, 7) is 1.10. The molecule has 1 aromatic carbocycles. The molecule has 1 saturated carbocycles. The highest BCUT2D eigenvalue weighted by atomic mass is 32.2. The lowest BCUT2D eigenvalue weighted by Gasteiger charge is -2.26. The van der Waals surface area contributed by atoms with Crippen molar-refractivity contribution in [2.45, 2.75) is 30.6 Å². The first-order valence-electron chi connectivity index (χ1n) is 6.81. The van der Waals surface area contributed by atoms with E-state index in [0.29, 0.717) is 4.99 Å². The van der Waals surface area contributed by atoms with E-state index in [1.165, 1.54) is 36.3 Å². The van der Waals surface area contributed by atoms with E-state index in [0.717, 1.165) is 18.0 Å². The molecule has 1 fully saturated rings. The van der Waals surface area contributed by atoms with Crippen molar-refractivity contribution in [1.82, 2.24) is 0 Å². The van der Waals surface area contributed by atoms with Gasteiger partial charge < -0.3 is 10.6 Å². The SMILES string of the molecule is CSc1cccc(N(C)CC2CCCC2)c1C(N)=S. The monoisotopic (exact) mass is 294 g/mol. The van der Waals surface area contributed by atoms with Gasteiger partial charge in [0.15, 0.2) is 0 Å². The molecule has 0 aromatic heterocycles. The molecule has 1 aromatic rings. The Bertz CT molecular complexity index is 453. The highest BCUT2D eigenvalue weighted by Gasteiger charge is 2.19. The van der Waals surface area contributed by atoms with E-state index in [2.05, 4.69) is 36.4 Å². The third kappa shape index (κ3) is 3.42. The first kappa shape index (κ1) is 14.7. The molecule has 2 nitrogen and oxygen atoms in total. The maximum Gasteiger partial charge on any atom is 0.107 e. The second kappa shape index (κ2) is 6.62. The van der Waals surface area contributed by atoms with Crippen molar-refractivity contribution in [2.24, 2.45) is 11.7 Å². The van der Waals surface area contributed by atoms with Crippen LogP contribution in [0.2, 0.25) is 0 Å². The summed E-state index contributed by atoms with van der Waals surface area (Å²) in [7, 11) is 2.15. The van der Waals surface area contributed by atoms with E-state index < -0.39 is 0 Å². The lowest BCUT2D eigenvalue weighted by Crippen LogP contribution is -2.27. The zero-order valence-electron chi connectivity index (χ0n) is 11.7. The van der Waals surface area contributed by atoms with Gasteiger partial charge >= 0.3 is 0 Å². The van der Waals surface area contributed by atoms with E-state index in [9.17, 15) is 0 Å². The van der Waals surface area contributed by atoms with Crippen LogP contribution in [0.1, 0.15) is 31.2 Å². The van der Waals surface area contributed by atoms with Gasteiger partial charge in [-0.25, -0.2) is 0 Å². The minimum absolute atomic E-state index is 0.498. The Hall–Kier alpha value is -0.740. The fourth-order valence-corrected chi connectivity index (χ4v) is 3.85. The molecule has 0 bridgehead atoms. The number of thiocarbonyl (C=S) groups is 1. The van der Waals surface area contributed by atoms with E-state index in [4.69, 9.17) is 18.0 Å². The molecule has 1 aliphatic carbocycles. The predicted molar refractivity (Wildman–Crippen MR) is 89.3 cm³/mol. The topological polar surface area (TPSA) is 29.3 Å². The molecule has 19 heavy (non-hydrogen) atoms. The standard InChI is InChI=1S/C15H22N2S2/c1-17(10-11-6-3-4-7-11)12-8-5-9-13(19-2)14(12)15(16)18/h5,8-9,11H,3-4,6-7,10H2,1-2H3,(H2,16,18). The summed E-state index contributed by atoms with van der Waals surface area (Å²) in [4.78, 5) is 3.99. The van der Waals surface area contributed by atoms with Crippen LogP contribution in [-0.4, -0.2) is 24.8 Å². The van der Waals surface area contributed by atoms with Crippen molar-refractivity contribution < 1.29 is 0 Å². The van der Waals surface area contributed by atoms with Crippen molar-refractivity contribution in [3.05, 3.63) is 23.8 Å². The Kier molecular flexibility index (Phi) is 5.11. The van der Waals surface area contributed by atoms with Crippen LogP contribution in [-0.2, 0) is 0 Å². The summed E-state index contributed by atoms with van der Waals surface area (Å²) in [5, 5.41) is 0. The Morgan fingerprint density at radius 1 is 1.42 bits per heavy atom. The molecule has 2 N–H and O–H groups in total. The summed E-state index contributed by atoms with van der Waals surface area (Å²) < 4.78 is 0. The quantitative estimate of drug-likeness (QED) is 0.663. The minimum atomic E-state index is 0.498. The van der Waals surface area contributed by atoms with Crippen LogP contribution in [0.15, 0.2) is 23.1 Å². The highest BCUT2D eigenvalue weighted by Crippen LogP contribution is 2.32. The van der Waals surface area contributed by atoms with Crippen LogP contribution >= 0.6 is 24.0 Å². The molecular weight excluding hydrogens is 272 g/mol. The van der Waals surface area contributed by atoms with Crippen molar-refractivity contribution in [2.75, 3.05) is 24.7 Å². The molecule has 0 radical (unpaired) electrons. The van der Waals surface area contributed by atoms with Gasteiger partial charge in [-0.05, 0) is 37.1 Å². The fourth-order valence-electron chi connectivity index (χ4n) is 2.93. The van der Waals surface area contributed by atoms with Gasteiger partial charge in [-0.3, -0.25) is 0 Å². The Balaban J connectivity index is 2.24. The van der Waals surface area contributed by atoms with Gasteiger partial charge in [-0.2, -0.15) is 0 Å². The number of hydrogen-bond acceptors (Lipinski definition) is 3. The zero-order chi connectivity index (χ0) is 13.8. The van der Waals surface area contributed by atoms with Gasteiger partial charge in [-0.1, -0.05) is 31.1 Å². The number of nitrogens with two attached hydrogens (primary N) is 1. The molecule has 0 heterocycles. The van der Waals surface area contributed by atoms with Crippen molar-refractivity contribution in [3.8, 4) is 0 Å². The molecular formula is C15H22N2S2. The Morgan fingerprint density at radius 3 is 2.68 bits per heavy atom. The average Bonchev–Trinajstić information content (AvgIpc) is 2.90.